The van der Waals surface area contributed by atoms with E-state index in [2.05, 4.69) is 9.29 Å². The molecule has 2 rings (SSSR count). The van der Waals surface area contributed by atoms with Gasteiger partial charge in [0.1, 0.15) is 0 Å². The number of rotatable bonds is 0. The van der Waals surface area contributed by atoms with Crippen LogP contribution < -0.4 is 0 Å². The van der Waals surface area contributed by atoms with Crippen LogP contribution in [-0.4, -0.2) is 16.3 Å². The summed E-state index contributed by atoms with van der Waals surface area (Å²) in [5, 5.41) is 0. The molecule has 0 N–H and O–H groups in total. The van der Waals surface area contributed by atoms with E-state index in [9.17, 15) is 0 Å². The van der Waals surface area contributed by atoms with Crippen LogP contribution in [0.4, 0.5) is 0 Å². The van der Waals surface area contributed by atoms with Gasteiger partial charge >= 0.3 is 58.9 Å². The Morgan fingerprint density at radius 1 is 1.50 bits per heavy atom. The van der Waals surface area contributed by atoms with Crippen molar-refractivity contribution in [2.75, 3.05) is 0 Å². The van der Waals surface area contributed by atoms with Crippen molar-refractivity contribution in [2.24, 2.45) is 0 Å². The monoisotopic (exact) mass is 130 g/mol. The van der Waals surface area contributed by atoms with Crippen LogP contribution in [0.25, 0.3) is 5.65 Å². The number of aryl methyl sites for hydroxylation is 1. The Morgan fingerprint density at radius 2 is 2.40 bits per heavy atom. The van der Waals surface area contributed by atoms with Crippen LogP contribution in [0.3, 0.4) is 0 Å². The van der Waals surface area contributed by atoms with E-state index in [1.807, 2.05) is 38.4 Å². The standard InChI is InChI=1S/C7H7BN2/c1-6-8-9-7-4-2-3-5-10(6)7/h2-5H,1H3. The Balaban J connectivity index is 2.93. The molecule has 2 aromatic rings. The zero-order chi connectivity index (χ0) is 6.97. The Kier molecular flexibility index (Phi) is 1.10. The van der Waals surface area contributed by atoms with Crippen molar-refractivity contribution in [3.63, 3.8) is 0 Å². The number of hydrogen-bond acceptors (Lipinski definition) is 1. The van der Waals surface area contributed by atoms with Gasteiger partial charge in [0.25, 0.3) is 0 Å². The van der Waals surface area contributed by atoms with Crippen LogP contribution in [0.2, 0.25) is 0 Å². The molecule has 0 aliphatic heterocycles. The molecule has 0 amide bonds. The van der Waals surface area contributed by atoms with Crippen molar-refractivity contribution >= 4 is 12.7 Å². The fourth-order valence-electron chi connectivity index (χ4n) is 1.06. The fourth-order valence-corrected chi connectivity index (χ4v) is 1.06. The van der Waals surface area contributed by atoms with E-state index in [0.717, 1.165) is 5.65 Å². The molecule has 0 aliphatic carbocycles. The zero-order valence-corrected chi connectivity index (χ0v) is 5.78. The minimum absolute atomic E-state index is 1.01. The number of fused-ring (bicyclic) bond motifs is 1. The van der Waals surface area contributed by atoms with Gasteiger partial charge in [0, 0.05) is 0 Å². The van der Waals surface area contributed by atoms with E-state index in [1.165, 1.54) is 5.59 Å². The molecule has 0 radical (unpaired) electrons. The fraction of sp³-hybridized carbons (Fsp3) is 0.143. The first-order valence-electron chi connectivity index (χ1n) is 3.26. The van der Waals surface area contributed by atoms with Crippen LogP contribution in [0.15, 0.2) is 24.4 Å². The molecule has 2 nitrogen and oxygen atoms in total. The first kappa shape index (κ1) is 5.65. The molecule has 0 spiro atoms. The molecule has 2 heterocycles. The molecule has 3 heteroatoms. The first-order chi connectivity index (χ1) is 4.88. The van der Waals surface area contributed by atoms with Crippen LogP contribution in [0.5, 0.6) is 0 Å². The van der Waals surface area contributed by atoms with Gasteiger partial charge in [-0.05, 0) is 0 Å². The van der Waals surface area contributed by atoms with E-state index in [1.54, 1.807) is 0 Å². The Hall–Kier alpha value is -1.12. The van der Waals surface area contributed by atoms with Crippen LogP contribution in [0, 0.1) is 6.92 Å². The van der Waals surface area contributed by atoms with Crippen molar-refractivity contribution in [2.45, 2.75) is 6.92 Å². The molecule has 0 bridgehead atoms. The van der Waals surface area contributed by atoms with E-state index < -0.39 is 0 Å². The maximum absolute atomic E-state index is 4.18. The summed E-state index contributed by atoms with van der Waals surface area (Å²) in [4.78, 5) is 4.18. The molecular formula is C7H7BN2. The molecule has 0 unspecified atom stereocenters. The topological polar surface area (TPSA) is 17.3 Å². The molecule has 0 saturated carbocycles. The molecule has 0 aromatic carbocycles. The molecule has 48 valence electrons. The Labute approximate surface area is 59.8 Å². The van der Waals surface area contributed by atoms with E-state index in [-0.39, 0.29) is 0 Å². The number of pyridine rings is 1. The quantitative estimate of drug-likeness (QED) is 0.519. The van der Waals surface area contributed by atoms with E-state index in [4.69, 9.17) is 0 Å². The van der Waals surface area contributed by atoms with Gasteiger partial charge in [-0.3, -0.25) is 0 Å². The number of nitrogens with zero attached hydrogens (tertiary/aromatic N) is 2. The predicted molar refractivity (Wildman–Crippen MR) is 41.3 cm³/mol. The van der Waals surface area contributed by atoms with E-state index in [0.29, 0.717) is 0 Å². The van der Waals surface area contributed by atoms with Crippen molar-refractivity contribution in [1.29, 1.82) is 0 Å². The summed E-state index contributed by atoms with van der Waals surface area (Å²) in [7, 11) is 1.87. The predicted octanol–water partition coefficient (Wildman–Crippen LogP) is 0.981. The van der Waals surface area contributed by atoms with Crippen molar-refractivity contribution in [3.8, 4) is 0 Å². The average molecular weight is 130 g/mol. The van der Waals surface area contributed by atoms with Crippen LogP contribution in [-0.2, 0) is 0 Å². The van der Waals surface area contributed by atoms with Crippen LogP contribution in [0.1, 0.15) is 5.59 Å². The summed E-state index contributed by atoms with van der Waals surface area (Å²) >= 11 is 0. The van der Waals surface area contributed by atoms with Gasteiger partial charge in [-0.15, -0.1) is 0 Å². The number of hydrogen-bond donors (Lipinski definition) is 0. The first-order valence-corrected chi connectivity index (χ1v) is 3.26. The van der Waals surface area contributed by atoms with Gasteiger partial charge < -0.3 is 0 Å². The average Bonchev–Trinajstić information content (AvgIpc) is 2.34. The van der Waals surface area contributed by atoms with Crippen molar-refractivity contribution < 1.29 is 0 Å². The SMILES string of the molecule is Cc1bnc2ccccn12. The summed E-state index contributed by atoms with van der Waals surface area (Å²) in [6, 6.07) is 5.98. The molecule has 10 heavy (non-hydrogen) atoms. The maximum atomic E-state index is 4.18. The van der Waals surface area contributed by atoms with Gasteiger partial charge in [-0.2, -0.15) is 0 Å². The minimum atomic E-state index is 1.01. The third-order valence-corrected chi connectivity index (χ3v) is 1.60. The van der Waals surface area contributed by atoms with Gasteiger partial charge in [-0.1, -0.05) is 0 Å². The van der Waals surface area contributed by atoms with Gasteiger partial charge in [0.05, 0.1) is 0 Å². The third-order valence-electron chi connectivity index (χ3n) is 1.60. The summed E-state index contributed by atoms with van der Waals surface area (Å²) in [5.41, 5.74) is 2.19. The van der Waals surface area contributed by atoms with Crippen molar-refractivity contribution in [1.82, 2.24) is 9.29 Å². The van der Waals surface area contributed by atoms with E-state index >= 15 is 0 Å². The molecule has 0 atom stereocenters. The second-order valence-corrected chi connectivity index (χ2v) is 2.33. The Bertz CT molecular complexity index is 353. The summed E-state index contributed by atoms with van der Waals surface area (Å²) in [6.45, 7) is 2.04. The summed E-state index contributed by atoms with van der Waals surface area (Å²) < 4.78 is 2.06. The molecule has 0 saturated heterocycles. The molecular weight excluding hydrogens is 123 g/mol. The molecule has 0 aliphatic rings. The third kappa shape index (κ3) is 0.669. The van der Waals surface area contributed by atoms with Gasteiger partial charge in [0.2, 0.25) is 0 Å². The number of aromatic nitrogens is 2. The molecule has 0 fully saturated rings. The second-order valence-electron chi connectivity index (χ2n) is 2.33. The Morgan fingerprint density at radius 3 is 3.20 bits per heavy atom. The van der Waals surface area contributed by atoms with Gasteiger partial charge in [-0.25, -0.2) is 0 Å². The zero-order valence-electron chi connectivity index (χ0n) is 5.78. The summed E-state index contributed by atoms with van der Waals surface area (Å²) in [6.07, 6.45) is 2.01. The van der Waals surface area contributed by atoms with Crippen LogP contribution >= 0.6 is 0 Å². The van der Waals surface area contributed by atoms with Crippen molar-refractivity contribution in [3.05, 3.63) is 30.0 Å². The molecule has 2 aromatic heterocycles. The van der Waals surface area contributed by atoms with Gasteiger partial charge in [0.15, 0.2) is 0 Å². The summed E-state index contributed by atoms with van der Waals surface area (Å²) in [5.74, 6) is 0. The normalized spacial score (nSPS) is 10.1. The second kappa shape index (κ2) is 1.94.